The standard InChI is InChI=1S/C13H24N2/c1-2-15-9-12(11-5-6-11)14-10-13(15)7-3-4-8-13/h11-12,14H,2-10H2,1H3. The monoisotopic (exact) mass is 208 g/mol. The molecule has 2 heteroatoms. The lowest BCUT2D eigenvalue weighted by Crippen LogP contribution is -2.63. The van der Waals surface area contributed by atoms with E-state index in [4.69, 9.17) is 0 Å². The van der Waals surface area contributed by atoms with E-state index in [1.165, 1.54) is 58.2 Å². The van der Waals surface area contributed by atoms with Crippen LogP contribution in [0.1, 0.15) is 45.4 Å². The third kappa shape index (κ3) is 1.72. The summed E-state index contributed by atoms with van der Waals surface area (Å²) in [5.41, 5.74) is 0.556. The predicted molar refractivity (Wildman–Crippen MR) is 63.0 cm³/mol. The first kappa shape index (κ1) is 10.1. The molecule has 1 aliphatic heterocycles. The molecule has 15 heavy (non-hydrogen) atoms. The Kier molecular flexibility index (Phi) is 2.52. The van der Waals surface area contributed by atoms with Crippen LogP contribution in [0.25, 0.3) is 0 Å². The molecular formula is C13H24N2. The summed E-state index contributed by atoms with van der Waals surface area (Å²) in [6.07, 6.45) is 8.72. The van der Waals surface area contributed by atoms with Gasteiger partial charge in [0.05, 0.1) is 0 Å². The summed E-state index contributed by atoms with van der Waals surface area (Å²) < 4.78 is 0. The highest BCUT2D eigenvalue weighted by molar-refractivity contribution is 5.04. The van der Waals surface area contributed by atoms with Gasteiger partial charge >= 0.3 is 0 Å². The smallest absolute Gasteiger partial charge is 0.0334 e. The van der Waals surface area contributed by atoms with Gasteiger partial charge in [-0.05, 0) is 38.1 Å². The summed E-state index contributed by atoms with van der Waals surface area (Å²) in [6.45, 7) is 6.18. The maximum absolute atomic E-state index is 3.84. The maximum atomic E-state index is 3.84. The third-order valence-corrected chi connectivity index (χ3v) is 4.89. The van der Waals surface area contributed by atoms with Crippen LogP contribution in [0.2, 0.25) is 0 Å². The molecule has 1 unspecified atom stereocenters. The van der Waals surface area contributed by atoms with E-state index < -0.39 is 0 Å². The van der Waals surface area contributed by atoms with Gasteiger partial charge < -0.3 is 5.32 Å². The summed E-state index contributed by atoms with van der Waals surface area (Å²) in [5, 5.41) is 3.84. The molecule has 2 aliphatic carbocycles. The van der Waals surface area contributed by atoms with Crippen molar-refractivity contribution in [3.63, 3.8) is 0 Å². The van der Waals surface area contributed by atoms with Crippen LogP contribution in [0.5, 0.6) is 0 Å². The number of hydrogen-bond donors (Lipinski definition) is 1. The summed E-state index contributed by atoms with van der Waals surface area (Å²) in [4.78, 5) is 2.79. The number of nitrogens with one attached hydrogen (secondary N) is 1. The molecule has 1 spiro atoms. The topological polar surface area (TPSA) is 15.3 Å². The summed E-state index contributed by atoms with van der Waals surface area (Å²) in [6, 6.07) is 0.816. The zero-order valence-electron chi connectivity index (χ0n) is 9.97. The van der Waals surface area contributed by atoms with Gasteiger partial charge in [0, 0.05) is 24.7 Å². The molecule has 2 nitrogen and oxygen atoms in total. The van der Waals surface area contributed by atoms with Crippen molar-refractivity contribution in [2.24, 2.45) is 5.92 Å². The Morgan fingerprint density at radius 3 is 2.60 bits per heavy atom. The predicted octanol–water partition coefficient (Wildman–Crippen LogP) is 2.00. The average Bonchev–Trinajstić information content (AvgIpc) is 3.01. The van der Waals surface area contributed by atoms with Crippen molar-refractivity contribution < 1.29 is 0 Å². The van der Waals surface area contributed by atoms with Crippen molar-refractivity contribution in [3.8, 4) is 0 Å². The van der Waals surface area contributed by atoms with Crippen molar-refractivity contribution in [1.82, 2.24) is 10.2 Å². The average molecular weight is 208 g/mol. The molecule has 0 radical (unpaired) electrons. The highest BCUT2D eigenvalue weighted by Crippen LogP contribution is 2.40. The van der Waals surface area contributed by atoms with Crippen LogP contribution in [-0.2, 0) is 0 Å². The lowest BCUT2D eigenvalue weighted by atomic mass is 9.90. The van der Waals surface area contributed by atoms with E-state index in [2.05, 4.69) is 17.1 Å². The van der Waals surface area contributed by atoms with E-state index in [9.17, 15) is 0 Å². The first-order valence-corrected chi connectivity index (χ1v) is 6.82. The van der Waals surface area contributed by atoms with Gasteiger partial charge in [-0.2, -0.15) is 0 Å². The number of likely N-dealkylation sites (N-methyl/N-ethyl adjacent to an activating group) is 1. The fraction of sp³-hybridized carbons (Fsp3) is 1.00. The minimum absolute atomic E-state index is 0.556. The van der Waals surface area contributed by atoms with Crippen LogP contribution in [-0.4, -0.2) is 36.1 Å². The summed E-state index contributed by atoms with van der Waals surface area (Å²) in [7, 11) is 0. The zero-order chi connectivity index (χ0) is 10.3. The van der Waals surface area contributed by atoms with E-state index in [1.54, 1.807) is 0 Å². The molecule has 0 bridgehead atoms. The molecule has 2 saturated carbocycles. The second-order valence-electron chi connectivity index (χ2n) is 5.79. The number of piperazine rings is 1. The van der Waals surface area contributed by atoms with Crippen LogP contribution in [0, 0.1) is 5.92 Å². The molecule has 1 heterocycles. The van der Waals surface area contributed by atoms with E-state index in [0.29, 0.717) is 5.54 Å². The minimum atomic E-state index is 0.556. The van der Waals surface area contributed by atoms with Gasteiger partial charge in [0.25, 0.3) is 0 Å². The zero-order valence-corrected chi connectivity index (χ0v) is 9.97. The van der Waals surface area contributed by atoms with Gasteiger partial charge in [-0.15, -0.1) is 0 Å². The van der Waals surface area contributed by atoms with Gasteiger partial charge in [-0.3, -0.25) is 4.90 Å². The Labute approximate surface area is 93.4 Å². The lowest BCUT2D eigenvalue weighted by molar-refractivity contribution is 0.0434. The van der Waals surface area contributed by atoms with Crippen molar-refractivity contribution in [2.45, 2.75) is 57.0 Å². The molecule has 1 atom stereocenters. The fourth-order valence-corrected chi connectivity index (χ4v) is 3.73. The first-order chi connectivity index (χ1) is 7.34. The Morgan fingerprint density at radius 2 is 2.00 bits per heavy atom. The number of rotatable bonds is 2. The Balaban J connectivity index is 1.70. The maximum Gasteiger partial charge on any atom is 0.0334 e. The fourth-order valence-electron chi connectivity index (χ4n) is 3.73. The normalized spacial score (nSPS) is 36.2. The summed E-state index contributed by atoms with van der Waals surface area (Å²) in [5.74, 6) is 1.01. The summed E-state index contributed by atoms with van der Waals surface area (Å²) >= 11 is 0. The Hall–Kier alpha value is -0.0800. The highest BCUT2D eigenvalue weighted by atomic mass is 15.3. The molecule has 86 valence electrons. The lowest BCUT2D eigenvalue weighted by Gasteiger charge is -2.48. The molecule has 0 aromatic carbocycles. The molecule has 1 saturated heterocycles. The Morgan fingerprint density at radius 1 is 1.27 bits per heavy atom. The molecule has 0 aromatic rings. The molecule has 0 aromatic heterocycles. The van der Waals surface area contributed by atoms with Gasteiger partial charge in [0.15, 0.2) is 0 Å². The van der Waals surface area contributed by atoms with Crippen molar-refractivity contribution in [3.05, 3.63) is 0 Å². The largest absolute Gasteiger partial charge is 0.311 e. The van der Waals surface area contributed by atoms with Crippen LogP contribution in [0.15, 0.2) is 0 Å². The third-order valence-electron chi connectivity index (χ3n) is 4.89. The van der Waals surface area contributed by atoms with Crippen molar-refractivity contribution in [1.29, 1.82) is 0 Å². The quantitative estimate of drug-likeness (QED) is 0.747. The highest BCUT2D eigenvalue weighted by Gasteiger charge is 2.45. The van der Waals surface area contributed by atoms with Crippen LogP contribution < -0.4 is 5.32 Å². The molecule has 1 N–H and O–H groups in total. The van der Waals surface area contributed by atoms with Crippen LogP contribution >= 0.6 is 0 Å². The first-order valence-electron chi connectivity index (χ1n) is 6.82. The van der Waals surface area contributed by atoms with Gasteiger partial charge in [-0.1, -0.05) is 19.8 Å². The Bertz CT molecular complexity index is 229. The number of hydrogen-bond acceptors (Lipinski definition) is 2. The molecule has 3 fully saturated rings. The molecule has 0 amide bonds. The van der Waals surface area contributed by atoms with E-state index in [0.717, 1.165) is 12.0 Å². The second-order valence-corrected chi connectivity index (χ2v) is 5.79. The van der Waals surface area contributed by atoms with Gasteiger partial charge in [0.2, 0.25) is 0 Å². The second kappa shape index (κ2) is 3.74. The molecular weight excluding hydrogens is 184 g/mol. The van der Waals surface area contributed by atoms with Crippen molar-refractivity contribution >= 4 is 0 Å². The van der Waals surface area contributed by atoms with Gasteiger partial charge in [0.1, 0.15) is 0 Å². The van der Waals surface area contributed by atoms with E-state index in [-0.39, 0.29) is 0 Å². The van der Waals surface area contributed by atoms with E-state index in [1.807, 2.05) is 0 Å². The van der Waals surface area contributed by atoms with E-state index >= 15 is 0 Å². The van der Waals surface area contributed by atoms with Gasteiger partial charge in [-0.25, -0.2) is 0 Å². The minimum Gasteiger partial charge on any atom is -0.311 e. The SMILES string of the molecule is CCN1CC(C2CC2)NCC12CCCC2. The molecule has 3 aliphatic rings. The van der Waals surface area contributed by atoms with Crippen LogP contribution in [0.4, 0.5) is 0 Å². The van der Waals surface area contributed by atoms with Crippen LogP contribution in [0.3, 0.4) is 0 Å². The number of nitrogens with zero attached hydrogens (tertiary/aromatic N) is 1. The van der Waals surface area contributed by atoms with Crippen molar-refractivity contribution in [2.75, 3.05) is 19.6 Å². The molecule has 3 rings (SSSR count).